The minimum Gasteiger partial charge on any atom is -0.496 e. The van der Waals surface area contributed by atoms with Gasteiger partial charge in [0.2, 0.25) is 0 Å². The van der Waals surface area contributed by atoms with Crippen molar-refractivity contribution in [2.75, 3.05) is 7.11 Å². The number of ether oxygens (including phenoxy) is 1. The van der Waals surface area contributed by atoms with Crippen LogP contribution in [0.2, 0.25) is 0 Å². The van der Waals surface area contributed by atoms with E-state index >= 15 is 0 Å². The molecule has 0 N–H and O–H groups in total. The normalized spacial score (nSPS) is 10.7. The lowest BCUT2D eigenvalue weighted by atomic mass is 9.96. The second kappa shape index (κ2) is 5.87. The van der Waals surface area contributed by atoms with Crippen LogP contribution in [0.3, 0.4) is 0 Å². The summed E-state index contributed by atoms with van der Waals surface area (Å²) in [6, 6.07) is 11.5. The molecule has 0 aliphatic carbocycles. The third-order valence-corrected chi connectivity index (χ3v) is 3.14. The van der Waals surface area contributed by atoms with Crippen molar-refractivity contribution in [2.24, 2.45) is 5.92 Å². The molecule has 104 valence electrons. The van der Waals surface area contributed by atoms with Crippen molar-refractivity contribution in [1.82, 2.24) is 0 Å². The van der Waals surface area contributed by atoms with Crippen LogP contribution in [0.25, 0.3) is 11.1 Å². The average Bonchev–Trinajstić information content (AvgIpc) is 2.45. The fraction of sp³-hybridized carbons (Fsp3) is 0.235. The number of rotatable bonds is 4. The Morgan fingerprint density at radius 3 is 2.50 bits per heavy atom. The minimum atomic E-state index is -0.315. The number of halogens is 1. The van der Waals surface area contributed by atoms with Crippen LogP contribution < -0.4 is 4.74 Å². The van der Waals surface area contributed by atoms with Gasteiger partial charge in [0.05, 0.1) is 7.11 Å². The van der Waals surface area contributed by atoms with E-state index in [9.17, 15) is 9.18 Å². The second-order valence-electron chi connectivity index (χ2n) is 4.94. The molecule has 0 atom stereocenters. The van der Waals surface area contributed by atoms with Gasteiger partial charge in [0.1, 0.15) is 11.6 Å². The maximum Gasteiger partial charge on any atom is 0.165 e. The van der Waals surface area contributed by atoms with Crippen molar-refractivity contribution in [3.8, 4) is 16.9 Å². The Morgan fingerprint density at radius 2 is 1.90 bits per heavy atom. The molecule has 0 aromatic heterocycles. The molecule has 0 aliphatic rings. The van der Waals surface area contributed by atoms with Gasteiger partial charge in [-0.15, -0.1) is 0 Å². The number of benzene rings is 2. The topological polar surface area (TPSA) is 26.3 Å². The van der Waals surface area contributed by atoms with E-state index in [0.717, 1.165) is 5.56 Å². The van der Waals surface area contributed by atoms with Gasteiger partial charge in [-0.25, -0.2) is 4.39 Å². The SMILES string of the molecule is COc1ccc(C(=O)C(C)C)cc1-c1cccc(F)c1. The van der Waals surface area contributed by atoms with Crippen LogP contribution in [0.5, 0.6) is 5.75 Å². The molecular weight excluding hydrogens is 255 g/mol. The van der Waals surface area contributed by atoms with Crippen molar-refractivity contribution in [3.63, 3.8) is 0 Å². The third-order valence-electron chi connectivity index (χ3n) is 3.14. The van der Waals surface area contributed by atoms with Gasteiger partial charge in [0.25, 0.3) is 0 Å². The zero-order valence-electron chi connectivity index (χ0n) is 11.8. The summed E-state index contributed by atoms with van der Waals surface area (Å²) < 4.78 is 18.7. The standard InChI is InChI=1S/C17H17FO2/c1-11(2)17(19)13-7-8-16(20-3)15(10-13)12-5-4-6-14(18)9-12/h4-11H,1-3H3. The molecule has 3 heteroatoms. The summed E-state index contributed by atoms with van der Waals surface area (Å²) in [6.45, 7) is 3.71. The van der Waals surface area contributed by atoms with Gasteiger partial charge < -0.3 is 4.74 Å². The Bertz CT molecular complexity index is 633. The number of carbonyl (C=O) groups excluding carboxylic acids is 1. The monoisotopic (exact) mass is 272 g/mol. The second-order valence-corrected chi connectivity index (χ2v) is 4.94. The molecule has 0 saturated heterocycles. The molecule has 0 fully saturated rings. The molecule has 2 nitrogen and oxygen atoms in total. The third kappa shape index (κ3) is 2.87. The molecule has 0 amide bonds. The zero-order valence-corrected chi connectivity index (χ0v) is 11.8. The van der Waals surface area contributed by atoms with Gasteiger partial charge >= 0.3 is 0 Å². The predicted molar refractivity (Wildman–Crippen MR) is 77.6 cm³/mol. The lowest BCUT2D eigenvalue weighted by molar-refractivity contribution is 0.0939. The molecule has 0 unspecified atom stereocenters. The largest absolute Gasteiger partial charge is 0.496 e. The Balaban J connectivity index is 2.55. The lowest BCUT2D eigenvalue weighted by Crippen LogP contribution is -2.07. The highest BCUT2D eigenvalue weighted by Gasteiger charge is 2.14. The van der Waals surface area contributed by atoms with Gasteiger partial charge in [0, 0.05) is 17.0 Å². The van der Waals surface area contributed by atoms with E-state index in [0.29, 0.717) is 16.9 Å². The number of Topliss-reactive ketones (excluding diaryl/α,β-unsaturated/α-hetero) is 1. The zero-order chi connectivity index (χ0) is 14.7. The van der Waals surface area contributed by atoms with Crippen molar-refractivity contribution < 1.29 is 13.9 Å². The summed E-state index contributed by atoms with van der Waals surface area (Å²) in [5, 5.41) is 0. The molecule has 2 aromatic carbocycles. The van der Waals surface area contributed by atoms with Crippen LogP contribution in [0.4, 0.5) is 4.39 Å². The van der Waals surface area contributed by atoms with Crippen molar-refractivity contribution in [1.29, 1.82) is 0 Å². The van der Waals surface area contributed by atoms with Crippen LogP contribution in [0, 0.1) is 11.7 Å². The summed E-state index contributed by atoms with van der Waals surface area (Å²) in [5.74, 6) is 0.287. The van der Waals surface area contributed by atoms with Crippen LogP contribution in [-0.2, 0) is 0 Å². The highest BCUT2D eigenvalue weighted by molar-refractivity contribution is 5.99. The molecule has 0 spiro atoms. The number of methoxy groups -OCH3 is 1. The van der Waals surface area contributed by atoms with Crippen molar-refractivity contribution in [3.05, 3.63) is 53.8 Å². The van der Waals surface area contributed by atoms with E-state index in [4.69, 9.17) is 4.74 Å². The summed E-state index contributed by atoms with van der Waals surface area (Å²) in [5.41, 5.74) is 2.03. The first-order valence-corrected chi connectivity index (χ1v) is 6.51. The smallest absolute Gasteiger partial charge is 0.165 e. The van der Waals surface area contributed by atoms with E-state index < -0.39 is 0 Å². The number of carbonyl (C=O) groups is 1. The average molecular weight is 272 g/mol. The van der Waals surface area contributed by atoms with Crippen molar-refractivity contribution in [2.45, 2.75) is 13.8 Å². The Labute approximate surface area is 118 Å². The van der Waals surface area contributed by atoms with E-state index in [2.05, 4.69) is 0 Å². The van der Waals surface area contributed by atoms with E-state index in [1.807, 2.05) is 13.8 Å². The Morgan fingerprint density at radius 1 is 1.15 bits per heavy atom. The lowest BCUT2D eigenvalue weighted by Gasteiger charge is -2.12. The molecule has 0 heterocycles. The van der Waals surface area contributed by atoms with Crippen LogP contribution in [0.15, 0.2) is 42.5 Å². The highest BCUT2D eigenvalue weighted by atomic mass is 19.1. The fourth-order valence-electron chi connectivity index (χ4n) is 2.08. The number of hydrogen-bond donors (Lipinski definition) is 0. The first-order chi connectivity index (χ1) is 9.52. The molecule has 0 saturated carbocycles. The predicted octanol–water partition coefficient (Wildman–Crippen LogP) is 4.34. The summed E-state index contributed by atoms with van der Waals surface area (Å²) in [4.78, 5) is 12.1. The first kappa shape index (κ1) is 14.3. The molecule has 20 heavy (non-hydrogen) atoms. The van der Waals surface area contributed by atoms with E-state index in [1.165, 1.54) is 12.1 Å². The quantitative estimate of drug-likeness (QED) is 0.774. The first-order valence-electron chi connectivity index (χ1n) is 6.51. The molecule has 0 bridgehead atoms. The Hall–Kier alpha value is -2.16. The molecule has 0 aliphatic heterocycles. The summed E-state index contributed by atoms with van der Waals surface area (Å²) in [7, 11) is 1.56. The maximum atomic E-state index is 13.4. The molecule has 0 radical (unpaired) electrons. The van der Waals surface area contributed by atoms with Gasteiger partial charge in [-0.05, 0) is 35.9 Å². The molecule has 2 aromatic rings. The van der Waals surface area contributed by atoms with E-state index in [1.54, 1.807) is 37.4 Å². The Kier molecular flexibility index (Phi) is 4.18. The summed E-state index contributed by atoms with van der Waals surface area (Å²) in [6.07, 6.45) is 0. The van der Waals surface area contributed by atoms with Gasteiger partial charge in [0.15, 0.2) is 5.78 Å². The van der Waals surface area contributed by atoms with Crippen molar-refractivity contribution >= 4 is 5.78 Å². The minimum absolute atomic E-state index is 0.0605. The van der Waals surface area contributed by atoms with Crippen LogP contribution in [-0.4, -0.2) is 12.9 Å². The molecular formula is C17H17FO2. The van der Waals surface area contributed by atoms with Gasteiger partial charge in [-0.1, -0.05) is 26.0 Å². The molecule has 2 rings (SSSR count). The summed E-state index contributed by atoms with van der Waals surface area (Å²) >= 11 is 0. The maximum absolute atomic E-state index is 13.4. The fourth-order valence-corrected chi connectivity index (χ4v) is 2.08. The van der Waals surface area contributed by atoms with Gasteiger partial charge in [-0.2, -0.15) is 0 Å². The van der Waals surface area contributed by atoms with E-state index in [-0.39, 0.29) is 17.5 Å². The number of ketones is 1. The van der Waals surface area contributed by atoms with Crippen LogP contribution >= 0.6 is 0 Å². The van der Waals surface area contributed by atoms with Crippen LogP contribution in [0.1, 0.15) is 24.2 Å². The van der Waals surface area contributed by atoms with Gasteiger partial charge in [-0.3, -0.25) is 4.79 Å². The number of hydrogen-bond acceptors (Lipinski definition) is 2. The highest BCUT2D eigenvalue weighted by Crippen LogP contribution is 2.31.